The van der Waals surface area contributed by atoms with Crippen molar-refractivity contribution < 1.29 is 4.79 Å². The van der Waals surface area contributed by atoms with Crippen LogP contribution in [-0.2, 0) is 0 Å². The monoisotopic (exact) mass is 452 g/mol. The highest BCUT2D eigenvalue weighted by Crippen LogP contribution is 2.07. The molecule has 0 unspecified atom stereocenters. The molecule has 0 aliphatic heterocycles. The Hall–Kier alpha value is -0.830. The zero-order valence-corrected chi connectivity index (χ0v) is 17.4. The van der Waals surface area contributed by atoms with E-state index in [0.29, 0.717) is 12.5 Å². The van der Waals surface area contributed by atoms with Crippen molar-refractivity contribution in [1.82, 2.24) is 16.0 Å². The lowest BCUT2D eigenvalue weighted by molar-refractivity contribution is 0.0957. The SMILES string of the molecule is CCC(CC)CNC(=NC)NCCCNC(=O)c1cccs1.I. The average molecular weight is 452 g/mol. The fourth-order valence-electron chi connectivity index (χ4n) is 2.03. The normalized spacial score (nSPS) is 11.0. The Bertz CT molecular complexity index is 447. The summed E-state index contributed by atoms with van der Waals surface area (Å²) in [6.45, 7) is 6.81. The van der Waals surface area contributed by atoms with Gasteiger partial charge in [0.25, 0.3) is 5.91 Å². The van der Waals surface area contributed by atoms with Crippen molar-refractivity contribution in [1.29, 1.82) is 0 Å². The second-order valence-electron chi connectivity index (χ2n) is 5.15. The van der Waals surface area contributed by atoms with Crippen LogP contribution in [0.2, 0.25) is 0 Å². The van der Waals surface area contributed by atoms with E-state index < -0.39 is 0 Å². The lowest BCUT2D eigenvalue weighted by atomic mass is 10.0. The first kappa shape index (κ1) is 22.2. The number of rotatable bonds is 9. The number of thiophene rings is 1. The summed E-state index contributed by atoms with van der Waals surface area (Å²) in [6.07, 6.45) is 3.22. The van der Waals surface area contributed by atoms with E-state index in [1.807, 2.05) is 17.5 Å². The molecule has 1 amide bonds. The molecule has 1 heterocycles. The second kappa shape index (κ2) is 13.6. The molecular formula is C16H29IN4OS. The van der Waals surface area contributed by atoms with Crippen LogP contribution in [0.5, 0.6) is 0 Å². The van der Waals surface area contributed by atoms with Gasteiger partial charge in [0.05, 0.1) is 4.88 Å². The molecule has 0 radical (unpaired) electrons. The number of hydrogen-bond donors (Lipinski definition) is 3. The van der Waals surface area contributed by atoms with Crippen LogP contribution in [0.4, 0.5) is 0 Å². The maximum Gasteiger partial charge on any atom is 0.261 e. The van der Waals surface area contributed by atoms with E-state index >= 15 is 0 Å². The van der Waals surface area contributed by atoms with Gasteiger partial charge in [0, 0.05) is 26.7 Å². The van der Waals surface area contributed by atoms with Crippen LogP contribution in [0.1, 0.15) is 42.8 Å². The molecule has 0 atom stereocenters. The number of halogens is 1. The number of carbonyl (C=O) groups excluding carboxylic acids is 1. The van der Waals surface area contributed by atoms with E-state index in [1.165, 1.54) is 24.2 Å². The first-order chi connectivity index (χ1) is 10.7. The highest BCUT2D eigenvalue weighted by molar-refractivity contribution is 14.0. The molecule has 1 rings (SSSR count). The van der Waals surface area contributed by atoms with E-state index in [-0.39, 0.29) is 29.9 Å². The lowest BCUT2D eigenvalue weighted by Crippen LogP contribution is -2.40. The van der Waals surface area contributed by atoms with Crippen molar-refractivity contribution in [2.24, 2.45) is 10.9 Å². The molecule has 1 aromatic heterocycles. The van der Waals surface area contributed by atoms with E-state index in [4.69, 9.17) is 0 Å². The molecule has 0 fully saturated rings. The van der Waals surface area contributed by atoms with Crippen molar-refractivity contribution in [3.05, 3.63) is 22.4 Å². The van der Waals surface area contributed by atoms with Gasteiger partial charge in [-0.05, 0) is 23.8 Å². The topological polar surface area (TPSA) is 65.5 Å². The molecule has 0 aromatic carbocycles. The highest BCUT2D eigenvalue weighted by atomic mass is 127. The number of guanidine groups is 1. The van der Waals surface area contributed by atoms with E-state index in [2.05, 4.69) is 34.8 Å². The number of amides is 1. The lowest BCUT2D eigenvalue weighted by Gasteiger charge is -2.16. The van der Waals surface area contributed by atoms with Gasteiger partial charge in [0.1, 0.15) is 0 Å². The van der Waals surface area contributed by atoms with Gasteiger partial charge in [-0.3, -0.25) is 9.79 Å². The third-order valence-corrected chi connectivity index (χ3v) is 4.48. The van der Waals surface area contributed by atoms with Crippen molar-refractivity contribution in [3.63, 3.8) is 0 Å². The summed E-state index contributed by atoms with van der Waals surface area (Å²) in [6, 6.07) is 3.72. The number of aliphatic imine (C=N–C) groups is 1. The second-order valence-corrected chi connectivity index (χ2v) is 6.10. The maximum absolute atomic E-state index is 11.7. The Morgan fingerprint density at radius 3 is 2.48 bits per heavy atom. The molecule has 0 aliphatic rings. The summed E-state index contributed by atoms with van der Waals surface area (Å²) in [5.41, 5.74) is 0. The quantitative estimate of drug-likeness (QED) is 0.234. The maximum atomic E-state index is 11.7. The zero-order chi connectivity index (χ0) is 16.2. The molecule has 0 saturated heterocycles. The first-order valence-corrected chi connectivity index (χ1v) is 8.85. The van der Waals surface area contributed by atoms with Gasteiger partial charge in [-0.2, -0.15) is 0 Å². The van der Waals surface area contributed by atoms with Crippen LogP contribution in [-0.4, -0.2) is 38.5 Å². The van der Waals surface area contributed by atoms with Gasteiger partial charge in [-0.25, -0.2) is 0 Å². The van der Waals surface area contributed by atoms with Crippen molar-refractivity contribution >= 4 is 47.2 Å². The van der Waals surface area contributed by atoms with E-state index in [1.54, 1.807) is 7.05 Å². The van der Waals surface area contributed by atoms with Crippen molar-refractivity contribution in [3.8, 4) is 0 Å². The van der Waals surface area contributed by atoms with Crippen molar-refractivity contribution in [2.75, 3.05) is 26.7 Å². The Kier molecular flexibility index (Phi) is 13.1. The molecule has 1 aromatic rings. The van der Waals surface area contributed by atoms with Crippen LogP contribution in [0.15, 0.2) is 22.5 Å². The van der Waals surface area contributed by atoms with E-state index in [0.717, 1.165) is 30.3 Å². The Labute approximate surface area is 160 Å². The fraction of sp³-hybridized carbons (Fsp3) is 0.625. The summed E-state index contributed by atoms with van der Waals surface area (Å²) in [5, 5.41) is 11.4. The van der Waals surface area contributed by atoms with Crippen LogP contribution in [0.3, 0.4) is 0 Å². The summed E-state index contributed by atoms with van der Waals surface area (Å²) >= 11 is 1.46. The molecule has 0 bridgehead atoms. The third-order valence-electron chi connectivity index (χ3n) is 3.61. The number of nitrogens with zero attached hydrogens (tertiary/aromatic N) is 1. The number of carbonyl (C=O) groups is 1. The summed E-state index contributed by atoms with van der Waals surface area (Å²) in [7, 11) is 1.78. The average Bonchev–Trinajstić information content (AvgIpc) is 3.07. The van der Waals surface area contributed by atoms with Gasteiger partial charge in [-0.15, -0.1) is 35.3 Å². The Morgan fingerprint density at radius 2 is 1.91 bits per heavy atom. The smallest absolute Gasteiger partial charge is 0.261 e. The summed E-state index contributed by atoms with van der Waals surface area (Å²) in [4.78, 5) is 16.7. The molecule has 132 valence electrons. The minimum absolute atomic E-state index is 0. The minimum Gasteiger partial charge on any atom is -0.356 e. The molecule has 5 nitrogen and oxygen atoms in total. The van der Waals surface area contributed by atoms with Crippen LogP contribution < -0.4 is 16.0 Å². The van der Waals surface area contributed by atoms with Gasteiger partial charge in [0.2, 0.25) is 0 Å². The summed E-state index contributed by atoms with van der Waals surface area (Å²) < 4.78 is 0. The fourth-order valence-corrected chi connectivity index (χ4v) is 2.67. The predicted molar refractivity (Wildman–Crippen MR) is 110 cm³/mol. The van der Waals surface area contributed by atoms with Gasteiger partial charge in [0.15, 0.2) is 5.96 Å². The minimum atomic E-state index is 0. The molecular weight excluding hydrogens is 423 g/mol. The molecule has 0 aliphatic carbocycles. The summed E-state index contributed by atoms with van der Waals surface area (Å²) in [5.74, 6) is 1.52. The highest BCUT2D eigenvalue weighted by Gasteiger charge is 2.06. The van der Waals surface area contributed by atoms with Crippen molar-refractivity contribution in [2.45, 2.75) is 33.1 Å². The van der Waals surface area contributed by atoms with E-state index in [9.17, 15) is 4.79 Å². The van der Waals surface area contributed by atoms with Gasteiger partial charge < -0.3 is 16.0 Å². The predicted octanol–water partition coefficient (Wildman–Crippen LogP) is 3.09. The molecule has 23 heavy (non-hydrogen) atoms. The van der Waals surface area contributed by atoms with Crippen LogP contribution >= 0.6 is 35.3 Å². The third kappa shape index (κ3) is 9.14. The van der Waals surface area contributed by atoms with Gasteiger partial charge in [-0.1, -0.05) is 32.8 Å². The zero-order valence-electron chi connectivity index (χ0n) is 14.2. The van der Waals surface area contributed by atoms with Crippen LogP contribution in [0, 0.1) is 5.92 Å². The molecule has 0 saturated carbocycles. The molecule has 3 N–H and O–H groups in total. The standard InChI is InChI=1S/C16H28N4OS.HI/c1-4-13(5-2)12-20-16(17-3)19-10-7-9-18-15(21)14-8-6-11-22-14;/h6,8,11,13H,4-5,7,9-10,12H2,1-3H3,(H,18,21)(H2,17,19,20);1H. The number of hydrogen-bond acceptors (Lipinski definition) is 3. The molecule has 7 heteroatoms. The van der Waals surface area contributed by atoms with Gasteiger partial charge >= 0.3 is 0 Å². The Balaban J connectivity index is 0.00000484. The van der Waals surface area contributed by atoms with Crippen LogP contribution in [0.25, 0.3) is 0 Å². The molecule has 0 spiro atoms. The number of nitrogens with one attached hydrogen (secondary N) is 3. The largest absolute Gasteiger partial charge is 0.356 e. The first-order valence-electron chi connectivity index (χ1n) is 7.97. The Morgan fingerprint density at radius 1 is 1.22 bits per heavy atom.